The highest BCUT2D eigenvalue weighted by Gasteiger charge is 2.20. The van der Waals surface area contributed by atoms with Gasteiger partial charge in [0.2, 0.25) is 0 Å². The number of ketones is 2. The number of benzene rings is 9. The molecule has 286 valence electrons. The average molecular weight is 782 g/mol. The Morgan fingerprint density at radius 3 is 0.885 bits per heavy atom. The minimum absolute atomic E-state index is 0.0631. The maximum atomic E-state index is 14.3. The van der Waals surface area contributed by atoms with Gasteiger partial charge in [-0.2, -0.15) is 0 Å². The first-order valence-corrected chi connectivity index (χ1v) is 20.5. The third-order valence-corrected chi connectivity index (χ3v) is 12.2. The van der Waals surface area contributed by atoms with Crippen molar-refractivity contribution in [1.82, 2.24) is 13.7 Å². The molecule has 0 aliphatic carbocycles. The number of para-hydroxylation sites is 5. The van der Waals surface area contributed by atoms with Crippen molar-refractivity contribution in [2.75, 3.05) is 0 Å². The molecule has 0 saturated carbocycles. The third-order valence-electron chi connectivity index (χ3n) is 12.2. The summed E-state index contributed by atoms with van der Waals surface area (Å²) in [7, 11) is 0. The molecule has 0 aliphatic rings. The van der Waals surface area contributed by atoms with E-state index in [0.717, 1.165) is 60.9 Å². The van der Waals surface area contributed by atoms with Crippen molar-refractivity contribution in [2.45, 2.75) is 0 Å². The number of nitrogens with zero attached hydrogens (tertiary/aromatic N) is 3. The molecule has 5 nitrogen and oxygen atoms in total. The van der Waals surface area contributed by atoms with Crippen LogP contribution in [0.15, 0.2) is 212 Å². The summed E-state index contributed by atoms with van der Waals surface area (Å²) in [5.74, 6) is -0.126. The number of hydrogen-bond donors (Lipinski definition) is 0. The summed E-state index contributed by atoms with van der Waals surface area (Å²) in [5, 5.41) is 6.59. The molecule has 0 amide bonds. The standard InChI is InChI=1S/C56H35N3O2/c60-55(36-22-28-41(29-23-36)58-49-18-8-4-14-43(49)44-15-5-9-19-50(44)58)38-26-32-53-47(34-38)48-35-39(27-33-54(48)57(53)40-12-2-1-3-13-40)56(61)37-24-30-42(31-25-37)59-51-20-10-6-16-45(51)46-17-7-11-21-52(46)59/h1-35H. The van der Waals surface area contributed by atoms with Crippen LogP contribution in [0.4, 0.5) is 0 Å². The van der Waals surface area contributed by atoms with Gasteiger partial charge in [-0.05, 0) is 121 Å². The summed E-state index contributed by atoms with van der Waals surface area (Å²) in [6, 6.07) is 71.5. The van der Waals surface area contributed by atoms with Gasteiger partial charge in [0.1, 0.15) is 0 Å². The Balaban J connectivity index is 0.920. The third kappa shape index (κ3) is 5.41. The normalized spacial score (nSPS) is 11.7. The fourth-order valence-electron chi connectivity index (χ4n) is 9.42. The number of hydrogen-bond acceptors (Lipinski definition) is 2. The van der Waals surface area contributed by atoms with Crippen LogP contribution in [0, 0.1) is 0 Å². The molecule has 5 heteroatoms. The number of aromatic nitrogens is 3. The van der Waals surface area contributed by atoms with Crippen LogP contribution in [0.25, 0.3) is 82.5 Å². The number of carbonyl (C=O) groups excluding carboxylic acids is 2. The second-order valence-electron chi connectivity index (χ2n) is 15.6. The fraction of sp³-hybridized carbons (Fsp3) is 0. The van der Waals surface area contributed by atoms with Gasteiger partial charge < -0.3 is 13.7 Å². The van der Waals surface area contributed by atoms with Crippen LogP contribution in [-0.2, 0) is 0 Å². The van der Waals surface area contributed by atoms with E-state index in [4.69, 9.17) is 0 Å². The minimum atomic E-state index is -0.0631. The molecule has 0 atom stereocenters. The lowest BCUT2D eigenvalue weighted by molar-refractivity contribution is 0.103. The lowest BCUT2D eigenvalue weighted by Crippen LogP contribution is -2.02. The van der Waals surface area contributed by atoms with Crippen LogP contribution >= 0.6 is 0 Å². The predicted octanol–water partition coefficient (Wildman–Crippen LogP) is 13.4. The highest BCUT2D eigenvalue weighted by molar-refractivity contribution is 6.18. The molecule has 9 aromatic carbocycles. The highest BCUT2D eigenvalue weighted by atomic mass is 16.1. The molecule has 3 heterocycles. The summed E-state index contributed by atoms with van der Waals surface area (Å²) in [4.78, 5) is 28.5. The molecule has 0 aliphatic heterocycles. The van der Waals surface area contributed by atoms with Crippen molar-refractivity contribution in [3.8, 4) is 17.1 Å². The Kier molecular flexibility index (Phi) is 7.77. The SMILES string of the molecule is O=C(c1ccc(-n2c3ccccc3c3ccccc32)cc1)c1ccc2c(c1)c1cc(C(=O)c3ccc(-n4c5ccccc5c5ccccc54)cc3)ccc1n2-c1ccccc1. The summed E-state index contributed by atoms with van der Waals surface area (Å²) < 4.78 is 6.71. The largest absolute Gasteiger partial charge is 0.309 e. The van der Waals surface area contributed by atoms with Crippen LogP contribution in [0.1, 0.15) is 31.8 Å². The Bertz CT molecular complexity index is 3390. The lowest BCUT2D eigenvalue weighted by Gasteiger charge is -2.10. The van der Waals surface area contributed by atoms with E-state index < -0.39 is 0 Å². The Morgan fingerprint density at radius 2 is 0.525 bits per heavy atom. The molecule has 0 bridgehead atoms. The van der Waals surface area contributed by atoms with Gasteiger partial charge in [0.15, 0.2) is 11.6 Å². The topological polar surface area (TPSA) is 48.9 Å². The summed E-state index contributed by atoms with van der Waals surface area (Å²) in [5.41, 5.74) is 11.8. The predicted molar refractivity (Wildman–Crippen MR) is 249 cm³/mol. The van der Waals surface area contributed by atoms with Gasteiger partial charge in [0.25, 0.3) is 0 Å². The monoisotopic (exact) mass is 781 g/mol. The van der Waals surface area contributed by atoms with Crippen LogP contribution in [0.5, 0.6) is 0 Å². The fourth-order valence-corrected chi connectivity index (χ4v) is 9.42. The molecule has 0 N–H and O–H groups in total. The highest BCUT2D eigenvalue weighted by Crippen LogP contribution is 2.36. The maximum Gasteiger partial charge on any atom is 0.193 e. The lowest BCUT2D eigenvalue weighted by atomic mass is 9.98. The van der Waals surface area contributed by atoms with E-state index >= 15 is 0 Å². The molecule has 12 aromatic rings. The Morgan fingerprint density at radius 1 is 0.246 bits per heavy atom. The van der Waals surface area contributed by atoms with Crippen molar-refractivity contribution in [1.29, 1.82) is 0 Å². The van der Waals surface area contributed by atoms with E-state index in [2.05, 4.69) is 123 Å². The molecule has 61 heavy (non-hydrogen) atoms. The first kappa shape index (κ1) is 34.7. The number of rotatable bonds is 7. The first-order valence-electron chi connectivity index (χ1n) is 20.5. The Labute approximate surface area is 350 Å². The summed E-state index contributed by atoms with van der Waals surface area (Å²) in [6.45, 7) is 0. The molecule has 0 spiro atoms. The van der Waals surface area contributed by atoms with E-state index in [0.29, 0.717) is 22.3 Å². The number of fused-ring (bicyclic) bond motifs is 9. The van der Waals surface area contributed by atoms with Crippen molar-refractivity contribution in [2.24, 2.45) is 0 Å². The minimum Gasteiger partial charge on any atom is -0.309 e. The van der Waals surface area contributed by atoms with Crippen molar-refractivity contribution < 1.29 is 9.59 Å². The van der Waals surface area contributed by atoms with Crippen LogP contribution in [-0.4, -0.2) is 25.3 Å². The molecular formula is C56H35N3O2. The van der Waals surface area contributed by atoms with Crippen molar-refractivity contribution >= 4 is 77.0 Å². The van der Waals surface area contributed by atoms with Gasteiger partial charge in [-0.25, -0.2) is 0 Å². The van der Waals surface area contributed by atoms with E-state index in [9.17, 15) is 9.59 Å². The average Bonchev–Trinajstić information content (AvgIpc) is 3.97. The maximum absolute atomic E-state index is 14.3. The first-order chi connectivity index (χ1) is 30.1. The van der Waals surface area contributed by atoms with E-state index in [1.807, 2.05) is 103 Å². The zero-order chi connectivity index (χ0) is 40.6. The zero-order valence-corrected chi connectivity index (χ0v) is 32.9. The molecule has 0 saturated heterocycles. The van der Waals surface area contributed by atoms with Crippen LogP contribution in [0.2, 0.25) is 0 Å². The molecule has 0 radical (unpaired) electrons. The number of carbonyl (C=O) groups is 2. The van der Waals surface area contributed by atoms with Gasteiger partial charge in [0.05, 0.1) is 33.1 Å². The molecule has 0 fully saturated rings. The smallest absolute Gasteiger partial charge is 0.193 e. The summed E-state index contributed by atoms with van der Waals surface area (Å²) in [6.07, 6.45) is 0. The van der Waals surface area contributed by atoms with Gasteiger partial charge in [-0.15, -0.1) is 0 Å². The van der Waals surface area contributed by atoms with E-state index in [-0.39, 0.29) is 11.6 Å². The summed E-state index contributed by atoms with van der Waals surface area (Å²) >= 11 is 0. The molecule has 0 unspecified atom stereocenters. The van der Waals surface area contributed by atoms with E-state index in [1.165, 1.54) is 21.5 Å². The Hall–Kier alpha value is -8.28. The zero-order valence-electron chi connectivity index (χ0n) is 32.9. The van der Waals surface area contributed by atoms with Crippen LogP contribution in [0.3, 0.4) is 0 Å². The van der Waals surface area contributed by atoms with Gasteiger partial charge in [-0.3, -0.25) is 9.59 Å². The molecule has 3 aromatic heterocycles. The van der Waals surface area contributed by atoms with E-state index in [1.54, 1.807) is 0 Å². The van der Waals surface area contributed by atoms with Gasteiger partial charge in [-0.1, -0.05) is 91.0 Å². The van der Waals surface area contributed by atoms with Gasteiger partial charge in [0, 0.05) is 71.6 Å². The van der Waals surface area contributed by atoms with Crippen molar-refractivity contribution in [3.05, 3.63) is 235 Å². The molecular weight excluding hydrogens is 747 g/mol. The van der Waals surface area contributed by atoms with Crippen molar-refractivity contribution in [3.63, 3.8) is 0 Å². The van der Waals surface area contributed by atoms with Gasteiger partial charge >= 0.3 is 0 Å². The van der Waals surface area contributed by atoms with Crippen LogP contribution < -0.4 is 0 Å². The second-order valence-corrected chi connectivity index (χ2v) is 15.6. The quantitative estimate of drug-likeness (QED) is 0.151. The second kappa shape index (κ2) is 13.7. The molecule has 12 rings (SSSR count).